The molecule has 1 nitrogen and oxygen atoms in total. The summed E-state index contributed by atoms with van der Waals surface area (Å²) in [5.41, 5.74) is 0. The van der Waals surface area contributed by atoms with Gasteiger partial charge in [-0.3, -0.25) is 0 Å². The molecule has 5 heavy (non-hydrogen) atoms. The van der Waals surface area contributed by atoms with Crippen molar-refractivity contribution in [1.82, 2.24) is 0 Å². The van der Waals surface area contributed by atoms with Crippen molar-refractivity contribution in [3.05, 3.63) is 16.4 Å². The van der Waals surface area contributed by atoms with Gasteiger partial charge in [0.15, 0.2) is 0 Å². The van der Waals surface area contributed by atoms with Gasteiger partial charge in [-0.2, -0.15) is 0 Å². The van der Waals surface area contributed by atoms with E-state index in [1.807, 2.05) is 6.07 Å². The fraction of sp³-hybridized carbons (Fsp3) is 0. The van der Waals surface area contributed by atoms with Crippen molar-refractivity contribution >= 4 is 20.9 Å². The molecular formula is C3H3OTe+. The van der Waals surface area contributed by atoms with Crippen LogP contribution in [0.5, 0.6) is 0 Å². The summed E-state index contributed by atoms with van der Waals surface area (Å²) in [7, 11) is 0. The molecule has 0 atom stereocenters. The summed E-state index contributed by atoms with van der Waals surface area (Å²) in [6, 6.07) is 1.95. The first kappa shape index (κ1) is 3.39. The van der Waals surface area contributed by atoms with Crippen LogP contribution in [-0.2, 0) is 0 Å². The van der Waals surface area contributed by atoms with E-state index in [2.05, 4.69) is 4.08 Å². The van der Waals surface area contributed by atoms with Gasteiger partial charge in [0.25, 0.3) is 0 Å². The number of rotatable bonds is 0. The van der Waals surface area contributed by atoms with Crippen molar-refractivity contribution in [3.8, 4) is 0 Å². The molecule has 1 rings (SSSR count). The van der Waals surface area contributed by atoms with E-state index in [4.69, 9.17) is 2.76 Å². The summed E-state index contributed by atoms with van der Waals surface area (Å²) in [5, 5.41) is 0. The fourth-order valence-electron chi connectivity index (χ4n) is 0.160. The molecule has 0 aliphatic heterocycles. The van der Waals surface area contributed by atoms with E-state index >= 15 is 0 Å². The maximum absolute atomic E-state index is 4.84. The van der Waals surface area contributed by atoms with Crippen LogP contribution in [-0.4, -0.2) is 20.9 Å². The molecular weight excluding hydrogens is 180 g/mol. The van der Waals surface area contributed by atoms with Crippen molar-refractivity contribution in [2.24, 2.45) is 0 Å². The monoisotopic (exact) mass is 185 g/mol. The minimum absolute atomic E-state index is 0.132. The van der Waals surface area contributed by atoms with E-state index in [0.717, 1.165) is 0 Å². The van der Waals surface area contributed by atoms with Crippen LogP contribution >= 0.6 is 0 Å². The third-order valence-corrected chi connectivity index (χ3v) is 1.72. The Labute approximate surface area is 40.4 Å². The van der Waals surface area contributed by atoms with Gasteiger partial charge in [0, 0.05) is 0 Å². The zero-order chi connectivity index (χ0) is 3.54. The fourth-order valence-corrected chi connectivity index (χ4v) is 1.08. The molecule has 0 aromatic carbocycles. The molecule has 0 bridgehead atoms. The van der Waals surface area contributed by atoms with Crippen LogP contribution < -0.4 is 0 Å². The van der Waals surface area contributed by atoms with Crippen LogP contribution in [0, 0.1) is 0 Å². The van der Waals surface area contributed by atoms with Gasteiger partial charge in [0.1, 0.15) is 0 Å². The second-order valence-corrected chi connectivity index (χ2v) is 2.53. The Balaban J connectivity index is 3.13. The van der Waals surface area contributed by atoms with Crippen molar-refractivity contribution in [1.29, 1.82) is 0 Å². The molecule has 26 valence electrons. The SMILES string of the molecule is c1c[o+][te]c1. The minimum atomic E-state index is -0.132. The van der Waals surface area contributed by atoms with Gasteiger partial charge >= 0.3 is 40.0 Å². The Bertz CT molecular complexity index is 63.4. The molecule has 0 amide bonds. The number of hydrogen-bond acceptors (Lipinski definition) is 0. The van der Waals surface area contributed by atoms with Crippen molar-refractivity contribution in [2.45, 2.75) is 0 Å². The zero-order valence-corrected chi connectivity index (χ0v) is 4.88. The number of hydrogen-bond donors (Lipinski definition) is 0. The summed E-state index contributed by atoms with van der Waals surface area (Å²) in [5.74, 6) is 0. The summed E-state index contributed by atoms with van der Waals surface area (Å²) in [6.07, 6.45) is 1.74. The molecule has 0 radical (unpaired) electrons. The van der Waals surface area contributed by atoms with E-state index in [-0.39, 0.29) is 20.9 Å². The quantitative estimate of drug-likeness (QED) is 0.423. The van der Waals surface area contributed by atoms with Crippen molar-refractivity contribution in [2.75, 3.05) is 0 Å². The Morgan fingerprint density at radius 1 is 1.60 bits per heavy atom. The summed E-state index contributed by atoms with van der Waals surface area (Å²) in [6.45, 7) is 0. The van der Waals surface area contributed by atoms with Crippen LogP contribution in [0.25, 0.3) is 0 Å². The predicted octanol–water partition coefficient (Wildman–Crippen LogP) is 0.618. The topological polar surface area (TPSA) is 11.3 Å². The summed E-state index contributed by atoms with van der Waals surface area (Å²) >= 11 is -0.132. The Kier molecular flexibility index (Phi) is 1.08. The third kappa shape index (κ3) is 0.752. The molecule has 1 heterocycles. The zero-order valence-electron chi connectivity index (χ0n) is 2.55. The third-order valence-electron chi connectivity index (χ3n) is 0.324. The Hall–Kier alpha value is 0.200. The van der Waals surface area contributed by atoms with E-state index in [0.29, 0.717) is 0 Å². The average molecular weight is 183 g/mol. The first-order valence-electron chi connectivity index (χ1n) is 1.30. The maximum atomic E-state index is 4.84. The molecule has 0 fully saturated rings. The average Bonchev–Trinajstić information content (AvgIpc) is 1.76. The van der Waals surface area contributed by atoms with Crippen LogP contribution in [0.15, 0.2) is 19.2 Å². The van der Waals surface area contributed by atoms with Gasteiger partial charge in [-0.05, 0) is 0 Å². The first-order valence-corrected chi connectivity index (χ1v) is 3.60. The molecule has 1 aromatic heterocycles. The molecule has 0 unspecified atom stereocenters. The van der Waals surface area contributed by atoms with E-state index in [9.17, 15) is 0 Å². The van der Waals surface area contributed by atoms with Crippen molar-refractivity contribution < 1.29 is 2.76 Å². The molecule has 0 aliphatic carbocycles. The van der Waals surface area contributed by atoms with Crippen molar-refractivity contribution in [3.63, 3.8) is 0 Å². The summed E-state index contributed by atoms with van der Waals surface area (Å²) in [4.78, 5) is 0. The Morgan fingerprint density at radius 2 is 2.60 bits per heavy atom. The van der Waals surface area contributed by atoms with Gasteiger partial charge in [-0.15, -0.1) is 0 Å². The van der Waals surface area contributed by atoms with Crippen LogP contribution in [0.4, 0.5) is 0 Å². The first-order chi connectivity index (χ1) is 2.50. The molecule has 0 saturated carbocycles. The molecule has 1 aromatic rings. The van der Waals surface area contributed by atoms with E-state index in [1.54, 1.807) is 6.26 Å². The van der Waals surface area contributed by atoms with Gasteiger partial charge in [0.05, 0.1) is 0 Å². The van der Waals surface area contributed by atoms with Gasteiger partial charge in [0.2, 0.25) is 0 Å². The normalized spacial score (nSPS) is 8.00. The molecule has 0 spiro atoms. The van der Waals surface area contributed by atoms with E-state index < -0.39 is 0 Å². The molecule has 2 heteroatoms. The molecule has 0 N–H and O–H groups in total. The second kappa shape index (κ2) is 1.59. The van der Waals surface area contributed by atoms with Gasteiger partial charge < -0.3 is 0 Å². The second-order valence-electron chi connectivity index (χ2n) is 0.657. The van der Waals surface area contributed by atoms with E-state index in [1.165, 1.54) is 0 Å². The van der Waals surface area contributed by atoms with Gasteiger partial charge in [-0.25, -0.2) is 0 Å². The molecule has 0 saturated heterocycles. The van der Waals surface area contributed by atoms with Crippen LogP contribution in [0.3, 0.4) is 0 Å². The van der Waals surface area contributed by atoms with Gasteiger partial charge in [-0.1, -0.05) is 0 Å². The van der Waals surface area contributed by atoms with Crippen LogP contribution in [0.1, 0.15) is 0 Å². The predicted molar refractivity (Wildman–Crippen MR) is 20.1 cm³/mol. The molecule has 0 aliphatic rings. The summed E-state index contributed by atoms with van der Waals surface area (Å²) < 4.78 is 6.93. The Morgan fingerprint density at radius 3 is 2.80 bits per heavy atom. The van der Waals surface area contributed by atoms with Crippen LogP contribution in [0.2, 0.25) is 0 Å². The standard InChI is InChI=1S/C3H3OTe/c1-2-4-5-3-1/h1-3H/q+1.